The van der Waals surface area contributed by atoms with Crippen LogP contribution in [0.15, 0.2) is 29.2 Å². The Balaban J connectivity index is 2.00. The molecule has 7 heteroatoms. The first kappa shape index (κ1) is 15.9. The van der Waals surface area contributed by atoms with Gasteiger partial charge in [-0.3, -0.25) is 4.79 Å². The maximum absolute atomic E-state index is 12.1. The van der Waals surface area contributed by atoms with Crippen molar-refractivity contribution in [2.75, 3.05) is 18.4 Å². The highest BCUT2D eigenvalue weighted by Gasteiger charge is 2.21. The Morgan fingerprint density at radius 2 is 2.00 bits per heavy atom. The fourth-order valence-corrected chi connectivity index (χ4v) is 3.16. The second-order valence-electron chi connectivity index (χ2n) is 5.02. The highest BCUT2D eigenvalue weighted by Crippen LogP contribution is 2.21. The van der Waals surface area contributed by atoms with Crippen LogP contribution in [0, 0.1) is 0 Å². The average Bonchev–Trinajstić information content (AvgIpc) is 3.23. The molecule has 0 saturated heterocycles. The van der Waals surface area contributed by atoms with Crippen molar-refractivity contribution in [3.8, 4) is 0 Å². The summed E-state index contributed by atoms with van der Waals surface area (Å²) >= 11 is 0. The maximum atomic E-state index is 12.1. The zero-order valence-corrected chi connectivity index (χ0v) is 12.9. The fraction of sp³-hybridized carbons (Fsp3) is 0.500. The van der Waals surface area contributed by atoms with Crippen molar-refractivity contribution in [2.24, 2.45) is 0 Å². The molecule has 0 atom stereocenters. The number of benzene rings is 1. The number of nitrogens with one attached hydrogen (secondary N) is 3. The number of hydrogen-bond donors (Lipinski definition) is 3. The number of rotatable bonds is 8. The molecule has 0 heterocycles. The standard InChI is InChI=1S/C14H21N3O3S/c1-2-16-21(19,20)13-6-4-3-5-12(13)17-14(18)9-10-15-11-7-8-11/h3-6,11,15-16H,2,7-10H2,1H3,(H,17,18). The first-order chi connectivity index (χ1) is 10.0. The van der Waals surface area contributed by atoms with Gasteiger partial charge in [-0.25, -0.2) is 13.1 Å². The van der Waals surface area contributed by atoms with Gasteiger partial charge in [-0.2, -0.15) is 0 Å². The van der Waals surface area contributed by atoms with Crippen molar-refractivity contribution in [3.63, 3.8) is 0 Å². The van der Waals surface area contributed by atoms with Crippen molar-refractivity contribution >= 4 is 21.6 Å². The number of carbonyl (C=O) groups excluding carboxylic acids is 1. The Morgan fingerprint density at radius 1 is 1.29 bits per heavy atom. The minimum absolute atomic E-state index is 0.0929. The van der Waals surface area contributed by atoms with Crippen LogP contribution >= 0.6 is 0 Å². The number of hydrogen-bond acceptors (Lipinski definition) is 4. The van der Waals surface area contributed by atoms with E-state index in [1.807, 2.05) is 0 Å². The number of anilines is 1. The van der Waals surface area contributed by atoms with Crippen LogP contribution in [0.4, 0.5) is 5.69 Å². The van der Waals surface area contributed by atoms with Gasteiger partial charge in [0.05, 0.1) is 5.69 Å². The first-order valence-electron chi connectivity index (χ1n) is 7.15. The van der Waals surface area contributed by atoms with Gasteiger partial charge in [0.2, 0.25) is 15.9 Å². The fourth-order valence-electron chi connectivity index (χ4n) is 1.96. The van der Waals surface area contributed by atoms with Crippen molar-refractivity contribution < 1.29 is 13.2 Å². The molecule has 0 spiro atoms. The molecule has 1 amide bonds. The van der Waals surface area contributed by atoms with E-state index in [0.29, 0.717) is 31.2 Å². The van der Waals surface area contributed by atoms with Crippen LogP contribution in [-0.2, 0) is 14.8 Å². The van der Waals surface area contributed by atoms with Crippen LogP contribution in [0.5, 0.6) is 0 Å². The molecule has 2 rings (SSSR count). The molecule has 1 saturated carbocycles. The van der Waals surface area contributed by atoms with E-state index in [2.05, 4.69) is 15.4 Å². The minimum Gasteiger partial charge on any atom is -0.325 e. The normalized spacial score (nSPS) is 14.9. The predicted molar refractivity (Wildman–Crippen MR) is 81.6 cm³/mol. The summed E-state index contributed by atoms with van der Waals surface area (Å²) in [6, 6.07) is 6.96. The maximum Gasteiger partial charge on any atom is 0.242 e. The smallest absolute Gasteiger partial charge is 0.242 e. The molecular formula is C14H21N3O3S. The Hall–Kier alpha value is -1.44. The van der Waals surface area contributed by atoms with E-state index in [4.69, 9.17) is 0 Å². The van der Waals surface area contributed by atoms with Gasteiger partial charge in [0, 0.05) is 25.6 Å². The number of para-hydroxylation sites is 1. The molecule has 21 heavy (non-hydrogen) atoms. The van der Waals surface area contributed by atoms with Gasteiger partial charge in [-0.1, -0.05) is 19.1 Å². The summed E-state index contributed by atoms with van der Waals surface area (Å²) < 4.78 is 26.6. The molecule has 0 unspecified atom stereocenters. The lowest BCUT2D eigenvalue weighted by Gasteiger charge is -2.12. The Bertz CT molecular complexity index is 597. The van der Waals surface area contributed by atoms with E-state index in [1.165, 1.54) is 18.9 Å². The Labute approximate surface area is 125 Å². The molecule has 0 bridgehead atoms. The van der Waals surface area contributed by atoms with Gasteiger partial charge in [0.25, 0.3) is 0 Å². The molecule has 1 aliphatic carbocycles. The Morgan fingerprint density at radius 3 is 2.67 bits per heavy atom. The van der Waals surface area contributed by atoms with E-state index < -0.39 is 10.0 Å². The lowest BCUT2D eigenvalue weighted by molar-refractivity contribution is -0.116. The molecule has 1 fully saturated rings. The zero-order valence-electron chi connectivity index (χ0n) is 12.1. The van der Waals surface area contributed by atoms with Crippen molar-refractivity contribution in [2.45, 2.75) is 37.1 Å². The monoisotopic (exact) mass is 311 g/mol. The van der Waals surface area contributed by atoms with Gasteiger partial charge in [-0.15, -0.1) is 0 Å². The molecule has 0 aliphatic heterocycles. The molecular weight excluding hydrogens is 290 g/mol. The average molecular weight is 311 g/mol. The number of amides is 1. The number of carbonyl (C=O) groups is 1. The highest BCUT2D eigenvalue weighted by molar-refractivity contribution is 7.89. The zero-order chi connectivity index (χ0) is 15.3. The number of sulfonamides is 1. The van der Waals surface area contributed by atoms with E-state index in [-0.39, 0.29) is 10.8 Å². The molecule has 0 aromatic heterocycles. The third-order valence-corrected chi connectivity index (χ3v) is 4.75. The summed E-state index contributed by atoms with van der Waals surface area (Å²) in [6.45, 7) is 2.62. The van der Waals surface area contributed by atoms with Gasteiger partial charge in [0.15, 0.2) is 0 Å². The SMILES string of the molecule is CCNS(=O)(=O)c1ccccc1NC(=O)CCNC1CC1. The summed E-state index contributed by atoms with van der Waals surface area (Å²) in [5, 5.41) is 5.92. The first-order valence-corrected chi connectivity index (χ1v) is 8.63. The van der Waals surface area contributed by atoms with Crippen LogP contribution in [0.3, 0.4) is 0 Å². The topological polar surface area (TPSA) is 87.3 Å². The van der Waals surface area contributed by atoms with Crippen LogP contribution in [0.2, 0.25) is 0 Å². The molecule has 3 N–H and O–H groups in total. The lowest BCUT2D eigenvalue weighted by atomic mass is 10.3. The summed E-state index contributed by atoms with van der Waals surface area (Å²) in [4.78, 5) is 12.0. The van der Waals surface area contributed by atoms with Crippen molar-refractivity contribution in [3.05, 3.63) is 24.3 Å². The van der Waals surface area contributed by atoms with Gasteiger partial charge < -0.3 is 10.6 Å². The third-order valence-electron chi connectivity index (χ3n) is 3.15. The Kier molecular flexibility index (Phi) is 5.33. The molecule has 0 radical (unpaired) electrons. The third kappa shape index (κ3) is 4.80. The molecule has 6 nitrogen and oxygen atoms in total. The molecule has 1 aromatic carbocycles. The minimum atomic E-state index is -3.59. The second kappa shape index (κ2) is 7.02. The van der Waals surface area contributed by atoms with Crippen LogP contribution in [-0.4, -0.2) is 33.5 Å². The molecule has 116 valence electrons. The quantitative estimate of drug-likeness (QED) is 0.670. The van der Waals surface area contributed by atoms with Crippen molar-refractivity contribution in [1.29, 1.82) is 0 Å². The van der Waals surface area contributed by atoms with Gasteiger partial charge >= 0.3 is 0 Å². The van der Waals surface area contributed by atoms with Gasteiger partial charge in [0.1, 0.15) is 4.90 Å². The largest absolute Gasteiger partial charge is 0.325 e. The summed E-state index contributed by atoms with van der Waals surface area (Å²) in [5.41, 5.74) is 0.315. The molecule has 1 aromatic rings. The highest BCUT2D eigenvalue weighted by atomic mass is 32.2. The van der Waals surface area contributed by atoms with E-state index >= 15 is 0 Å². The van der Waals surface area contributed by atoms with Crippen LogP contribution < -0.4 is 15.4 Å². The van der Waals surface area contributed by atoms with Gasteiger partial charge in [-0.05, 0) is 25.0 Å². The predicted octanol–water partition coefficient (Wildman–Crippen LogP) is 1.07. The van der Waals surface area contributed by atoms with E-state index in [9.17, 15) is 13.2 Å². The second-order valence-corrected chi connectivity index (χ2v) is 6.76. The summed E-state index contributed by atoms with van der Waals surface area (Å²) in [5.74, 6) is -0.192. The summed E-state index contributed by atoms with van der Waals surface area (Å²) in [7, 11) is -3.59. The van der Waals surface area contributed by atoms with E-state index in [0.717, 1.165) is 0 Å². The van der Waals surface area contributed by atoms with Crippen molar-refractivity contribution in [1.82, 2.24) is 10.0 Å². The molecule has 1 aliphatic rings. The van der Waals surface area contributed by atoms with E-state index in [1.54, 1.807) is 25.1 Å². The summed E-state index contributed by atoms with van der Waals surface area (Å²) in [6.07, 6.45) is 2.67. The van der Waals surface area contributed by atoms with Crippen LogP contribution in [0.1, 0.15) is 26.2 Å². The van der Waals surface area contributed by atoms with Crippen LogP contribution in [0.25, 0.3) is 0 Å². The lowest BCUT2D eigenvalue weighted by Crippen LogP contribution is -2.26.